The number of para-hydroxylation sites is 2. The summed E-state index contributed by atoms with van der Waals surface area (Å²) in [5.74, 6) is 3.43. The highest BCUT2D eigenvalue weighted by molar-refractivity contribution is 5.86. The molecule has 3 aromatic heterocycles. The Kier molecular flexibility index (Phi) is 4.80. The topological polar surface area (TPSA) is 77.1 Å². The summed E-state index contributed by atoms with van der Waals surface area (Å²) in [6, 6.07) is 8.13. The van der Waals surface area contributed by atoms with E-state index in [0.717, 1.165) is 72.4 Å². The molecule has 166 valence electrons. The lowest BCUT2D eigenvalue weighted by atomic mass is 10.3. The van der Waals surface area contributed by atoms with Crippen molar-refractivity contribution >= 4 is 28.0 Å². The molecule has 0 N–H and O–H groups in total. The molecular formula is C23H28N8O. The third kappa shape index (κ3) is 3.23. The van der Waals surface area contributed by atoms with Gasteiger partial charge in [0.2, 0.25) is 5.95 Å². The summed E-state index contributed by atoms with van der Waals surface area (Å²) in [7, 11) is 2.07. The Hall–Kier alpha value is -3.04. The number of likely N-dealkylation sites (tertiary alicyclic amines) is 1. The fourth-order valence-corrected chi connectivity index (χ4v) is 4.86. The minimum atomic E-state index is 0.640. The van der Waals surface area contributed by atoms with Gasteiger partial charge in [-0.2, -0.15) is 9.97 Å². The molecule has 2 aliphatic heterocycles. The Morgan fingerprint density at radius 3 is 2.53 bits per heavy atom. The number of ether oxygens (including phenoxy) is 1. The molecule has 0 atom stereocenters. The number of imidazole rings is 2. The van der Waals surface area contributed by atoms with Crippen LogP contribution in [0, 0.1) is 6.92 Å². The molecule has 0 unspecified atom stereocenters. The Morgan fingerprint density at radius 1 is 0.938 bits per heavy atom. The summed E-state index contributed by atoms with van der Waals surface area (Å²) in [6.07, 6.45) is 2.53. The zero-order valence-corrected chi connectivity index (χ0v) is 18.7. The molecule has 0 radical (unpaired) electrons. The van der Waals surface area contributed by atoms with Gasteiger partial charge in [0.1, 0.15) is 11.6 Å². The second-order valence-electron chi connectivity index (χ2n) is 8.67. The van der Waals surface area contributed by atoms with E-state index in [1.807, 2.05) is 29.7 Å². The molecule has 6 rings (SSSR count). The minimum Gasteiger partial charge on any atom is -0.378 e. The van der Waals surface area contributed by atoms with Gasteiger partial charge in [0.25, 0.3) is 0 Å². The van der Waals surface area contributed by atoms with Crippen molar-refractivity contribution in [3.63, 3.8) is 0 Å². The van der Waals surface area contributed by atoms with E-state index < -0.39 is 0 Å². The summed E-state index contributed by atoms with van der Waals surface area (Å²) in [5.41, 5.74) is 3.69. The number of fused-ring (bicyclic) bond motifs is 2. The maximum Gasteiger partial charge on any atom is 0.239 e. The van der Waals surface area contributed by atoms with E-state index >= 15 is 0 Å². The predicted molar refractivity (Wildman–Crippen MR) is 123 cm³/mol. The fraction of sp³-hybridized carbons (Fsp3) is 0.478. The van der Waals surface area contributed by atoms with E-state index in [0.29, 0.717) is 19.2 Å². The molecule has 9 heteroatoms. The minimum absolute atomic E-state index is 0.640. The van der Waals surface area contributed by atoms with Crippen molar-refractivity contribution in [2.45, 2.75) is 26.3 Å². The smallest absolute Gasteiger partial charge is 0.239 e. The molecule has 0 bridgehead atoms. The van der Waals surface area contributed by atoms with E-state index in [4.69, 9.17) is 24.7 Å². The molecule has 32 heavy (non-hydrogen) atoms. The first kappa shape index (κ1) is 19.6. The van der Waals surface area contributed by atoms with Gasteiger partial charge in [-0.15, -0.1) is 0 Å². The maximum atomic E-state index is 5.60. The van der Waals surface area contributed by atoms with Gasteiger partial charge in [0.15, 0.2) is 17.0 Å². The van der Waals surface area contributed by atoms with Crippen LogP contribution in [0.3, 0.4) is 0 Å². The molecule has 0 amide bonds. The van der Waals surface area contributed by atoms with E-state index in [-0.39, 0.29) is 0 Å². The first-order valence-corrected chi connectivity index (χ1v) is 11.4. The van der Waals surface area contributed by atoms with Crippen LogP contribution in [0.2, 0.25) is 0 Å². The van der Waals surface area contributed by atoms with Gasteiger partial charge in [-0.1, -0.05) is 12.1 Å². The van der Waals surface area contributed by atoms with Crippen LogP contribution in [0.25, 0.3) is 28.1 Å². The first-order valence-electron chi connectivity index (χ1n) is 11.4. The molecule has 2 aliphatic rings. The predicted octanol–water partition coefficient (Wildman–Crippen LogP) is 2.44. The van der Waals surface area contributed by atoms with Crippen LogP contribution in [0.15, 0.2) is 24.3 Å². The summed E-state index contributed by atoms with van der Waals surface area (Å²) in [5, 5.41) is 0. The van der Waals surface area contributed by atoms with Gasteiger partial charge < -0.3 is 14.2 Å². The van der Waals surface area contributed by atoms with Crippen molar-refractivity contribution in [3.05, 3.63) is 35.9 Å². The average molecular weight is 433 g/mol. The Bertz CT molecular complexity index is 1280. The molecule has 4 aromatic rings. The SMILES string of the molecule is Cc1nc2ccccc2n1-c1nc(N2CCOCC2)c2nc(CN3CCCC3)n(C)c2n1. The number of benzene rings is 1. The highest BCUT2D eigenvalue weighted by Gasteiger charge is 2.24. The van der Waals surface area contributed by atoms with Crippen LogP contribution in [-0.4, -0.2) is 73.4 Å². The van der Waals surface area contributed by atoms with Gasteiger partial charge in [0.05, 0.1) is 30.8 Å². The molecule has 0 saturated carbocycles. The number of hydrogen-bond donors (Lipinski definition) is 0. The number of rotatable bonds is 4. The lowest BCUT2D eigenvalue weighted by Gasteiger charge is -2.28. The summed E-state index contributed by atoms with van der Waals surface area (Å²) in [4.78, 5) is 24.6. The Labute approximate surface area is 186 Å². The monoisotopic (exact) mass is 432 g/mol. The van der Waals surface area contributed by atoms with Gasteiger partial charge in [-0.05, 0) is 45.0 Å². The second-order valence-corrected chi connectivity index (χ2v) is 8.67. The maximum absolute atomic E-state index is 5.60. The fourth-order valence-electron chi connectivity index (χ4n) is 4.86. The highest BCUT2D eigenvalue weighted by atomic mass is 16.5. The standard InChI is InChI=1S/C23H28N8O/c1-16-24-17-7-3-4-8-18(17)31(16)23-26-21-20(22(27-23)30-11-13-32-14-12-30)25-19(28(21)2)15-29-9-5-6-10-29/h3-4,7-8H,5-6,9-15H2,1-2H3. The van der Waals surface area contributed by atoms with Crippen LogP contribution in [0.4, 0.5) is 5.82 Å². The van der Waals surface area contributed by atoms with Crippen molar-refractivity contribution < 1.29 is 4.74 Å². The quantitative estimate of drug-likeness (QED) is 0.490. The van der Waals surface area contributed by atoms with Crippen molar-refractivity contribution in [3.8, 4) is 5.95 Å². The van der Waals surface area contributed by atoms with Crippen LogP contribution in [0.1, 0.15) is 24.5 Å². The third-order valence-electron chi connectivity index (χ3n) is 6.58. The Morgan fingerprint density at radius 2 is 1.72 bits per heavy atom. The molecule has 5 heterocycles. The van der Waals surface area contributed by atoms with Crippen LogP contribution < -0.4 is 4.90 Å². The molecule has 2 fully saturated rings. The number of anilines is 1. The van der Waals surface area contributed by atoms with E-state index in [9.17, 15) is 0 Å². The third-order valence-corrected chi connectivity index (χ3v) is 6.58. The molecule has 2 saturated heterocycles. The van der Waals surface area contributed by atoms with Gasteiger partial charge >= 0.3 is 0 Å². The van der Waals surface area contributed by atoms with Crippen LogP contribution in [-0.2, 0) is 18.3 Å². The molecule has 1 aromatic carbocycles. The number of morpholine rings is 1. The largest absolute Gasteiger partial charge is 0.378 e. The molecule has 0 spiro atoms. The zero-order chi connectivity index (χ0) is 21.7. The Balaban J connectivity index is 1.54. The highest BCUT2D eigenvalue weighted by Crippen LogP contribution is 2.28. The van der Waals surface area contributed by atoms with Crippen LogP contribution >= 0.6 is 0 Å². The number of hydrogen-bond acceptors (Lipinski definition) is 7. The lowest BCUT2D eigenvalue weighted by Crippen LogP contribution is -2.37. The second kappa shape index (κ2) is 7.83. The molecule has 9 nitrogen and oxygen atoms in total. The van der Waals surface area contributed by atoms with Crippen molar-refractivity contribution in [1.82, 2.24) is 34.0 Å². The summed E-state index contributed by atoms with van der Waals surface area (Å²) in [6.45, 7) is 8.11. The van der Waals surface area contributed by atoms with Crippen LogP contribution in [0.5, 0.6) is 0 Å². The first-order chi connectivity index (χ1) is 15.7. The summed E-state index contributed by atoms with van der Waals surface area (Å²) < 4.78 is 9.78. The van der Waals surface area contributed by atoms with Crippen molar-refractivity contribution in [2.75, 3.05) is 44.3 Å². The van der Waals surface area contributed by atoms with Crippen molar-refractivity contribution in [1.29, 1.82) is 0 Å². The van der Waals surface area contributed by atoms with Gasteiger partial charge in [-0.3, -0.25) is 9.47 Å². The number of nitrogens with zero attached hydrogens (tertiary/aromatic N) is 8. The lowest BCUT2D eigenvalue weighted by molar-refractivity contribution is 0.122. The molecular weight excluding hydrogens is 404 g/mol. The van der Waals surface area contributed by atoms with Gasteiger partial charge in [-0.25, -0.2) is 9.97 Å². The normalized spacial score (nSPS) is 17.8. The number of aromatic nitrogens is 6. The van der Waals surface area contributed by atoms with E-state index in [2.05, 4.69) is 27.5 Å². The van der Waals surface area contributed by atoms with E-state index in [1.54, 1.807) is 0 Å². The zero-order valence-electron chi connectivity index (χ0n) is 18.7. The van der Waals surface area contributed by atoms with E-state index in [1.165, 1.54) is 12.8 Å². The number of aryl methyl sites for hydroxylation is 2. The molecule has 0 aliphatic carbocycles. The summed E-state index contributed by atoms with van der Waals surface area (Å²) >= 11 is 0. The van der Waals surface area contributed by atoms with Gasteiger partial charge in [0, 0.05) is 20.1 Å². The van der Waals surface area contributed by atoms with Crippen molar-refractivity contribution in [2.24, 2.45) is 7.05 Å². The average Bonchev–Trinajstić information content (AvgIpc) is 3.52.